The third kappa shape index (κ3) is 6.15. The average molecular weight is 395 g/mol. The van der Waals surface area contributed by atoms with Crippen molar-refractivity contribution in [1.29, 1.82) is 0 Å². The molecular formula is C18H27BrN4O. The third-order valence-electron chi connectivity index (χ3n) is 4.36. The van der Waals surface area contributed by atoms with E-state index >= 15 is 0 Å². The minimum Gasteiger partial charge on any atom is -0.370 e. The van der Waals surface area contributed by atoms with Crippen LogP contribution in [0.1, 0.15) is 44.1 Å². The molecule has 1 amide bonds. The molecule has 1 saturated carbocycles. The SMILES string of the molecule is CN(Cc1ccccc1Br)C(=O)CCN=C(N)NC1CCCCC1. The fraction of sp³-hybridized carbons (Fsp3) is 0.556. The summed E-state index contributed by atoms with van der Waals surface area (Å²) < 4.78 is 1.02. The summed E-state index contributed by atoms with van der Waals surface area (Å²) in [5, 5.41) is 3.27. The Labute approximate surface area is 152 Å². The van der Waals surface area contributed by atoms with Crippen molar-refractivity contribution >= 4 is 27.8 Å². The maximum absolute atomic E-state index is 12.2. The summed E-state index contributed by atoms with van der Waals surface area (Å²) in [5.74, 6) is 0.531. The molecule has 1 aromatic rings. The van der Waals surface area contributed by atoms with Crippen molar-refractivity contribution in [3.63, 3.8) is 0 Å². The number of benzene rings is 1. The topological polar surface area (TPSA) is 70.7 Å². The number of nitrogens with two attached hydrogens (primary N) is 1. The second-order valence-corrected chi connectivity index (χ2v) is 7.19. The molecule has 1 fully saturated rings. The first kappa shape index (κ1) is 18.8. The van der Waals surface area contributed by atoms with Crippen LogP contribution in [0, 0.1) is 0 Å². The number of hydrogen-bond donors (Lipinski definition) is 2. The summed E-state index contributed by atoms with van der Waals surface area (Å²) in [5.41, 5.74) is 7.01. The molecular weight excluding hydrogens is 368 g/mol. The molecule has 0 heterocycles. The quantitative estimate of drug-likeness (QED) is 0.575. The molecule has 0 saturated heterocycles. The van der Waals surface area contributed by atoms with E-state index in [1.165, 1.54) is 19.3 Å². The molecule has 3 N–H and O–H groups in total. The fourth-order valence-corrected chi connectivity index (χ4v) is 3.35. The lowest BCUT2D eigenvalue weighted by Gasteiger charge is -2.23. The molecule has 5 nitrogen and oxygen atoms in total. The lowest BCUT2D eigenvalue weighted by molar-refractivity contribution is -0.130. The van der Waals surface area contributed by atoms with E-state index in [1.54, 1.807) is 4.90 Å². The number of carbonyl (C=O) groups excluding carboxylic acids is 1. The number of halogens is 1. The molecule has 0 bridgehead atoms. The first-order chi connectivity index (χ1) is 11.6. The Morgan fingerprint density at radius 3 is 2.75 bits per heavy atom. The first-order valence-electron chi connectivity index (χ1n) is 8.60. The molecule has 6 heteroatoms. The molecule has 0 spiro atoms. The second-order valence-electron chi connectivity index (χ2n) is 6.34. The summed E-state index contributed by atoms with van der Waals surface area (Å²) in [6.45, 7) is 1.00. The zero-order valence-corrected chi connectivity index (χ0v) is 15.9. The van der Waals surface area contributed by atoms with E-state index in [-0.39, 0.29) is 5.91 Å². The van der Waals surface area contributed by atoms with Crippen molar-refractivity contribution in [2.45, 2.75) is 51.1 Å². The lowest BCUT2D eigenvalue weighted by atomic mass is 9.96. The monoisotopic (exact) mass is 394 g/mol. The Morgan fingerprint density at radius 2 is 2.04 bits per heavy atom. The summed E-state index contributed by atoms with van der Waals surface area (Å²) >= 11 is 3.51. The van der Waals surface area contributed by atoms with Crippen LogP contribution in [0.3, 0.4) is 0 Å². The van der Waals surface area contributed by atoms with E-state index in [1.807, 2.05) is 31.3 Å². The number of nitrogens with zero attached hydrogens (tertiary/aromatic N) is 2. The molecule has 1 aromatic carbocycles. The van der Waals surface area contributed by atoms with Crippen molar-refractivity contribution in [3.05, 3.63) is 34.3 Å². The van der Waals surface area contributed by atoms with Crippen LogP contribution in [0.4, 0.5) is 0 Å². The Hall–Kier alpha value is -1.56. The van der Waals surface area contributed by atoms with Gasteiger partial charge in [0.1, 0.15) is 0 Å². The Morgan fingerprint density at radius 1 is 1.33 bits per heavy atom. The molecule has 0 radical (unpaired) electrons. The van der Waals surface area contributed by atoms with Gasteiger partial charge in [-0.05, 0) is 24.5 Å². The van der Waals surface area contributed by atoms with Gasteiger partial charge >= 0.3 is 0 Å². The lowest BCUT2D eigenvalue weighted by Crippen LogP contribution is -2.41. The van der Waals surface area contributed by atoms with Crippen LogP contribution in [-0.2, 0) is 11.3 Å². The largest absolute Gasteiger partial charge is 0.370 e. The van der Waals surface area contributed by atoms with E-state index in [0.717, 1.165) is 22.9 Å². The highest BCUT2D eigenvalue weighted by Crippen LogP contribution is 2.18. The van der Waals surface area contributed by atoms with Gasteiger partial charge in [0.2, 0.25) is 5.91 Å². The number of carbonyl (C=O) groups is 1. The fourth-order valence-electron chi connectivity index (χ4n) is 2.93. The maximum Gasteiger partial charge on any atom is 0.224 e. The van der Waals surface area contributed by atoms with Gasteiger partial charge in [-0.15, -0.1) is 0 Å². The van der Waals surface area contributed by atoms with E-state index < -0.39 is 0 Å². The molecule has 2 rings (SSSR count). The predicted molar refractivity (Wildman–Crippen MR) is 102 cm³/mol. The van der Waals surface area contributed by atoms with Crippen LogP contribution in [0.5, 0.6) is 0 Å². The van der Waals surface area contributed by atoms with Crippen LogP contribution < -0.4 is 11.1 Å². The van der Waals surface area contributed by atoms with E-state index in [2.05, 4.69) is 26.2 Å². The Balaban J connectivity index is 1.73. The van der Waals surface area contributed by atoms with Crippen molar-refractivity contribution in [2.75, 3.05) is 13.6 Å². The molecule has 0 atom stereocenters. The summed E-state index contributed by atoms with van der Waals surface area (Å²) in [7, 11) is 1.81. The Bertz CT molecular complexity index is 570. The minimum absolute atomic E-state index is 0.0694. The van der Waals surface area contributed by atoms with Crippen LogP contribution in [0.25, 0.3) is 0 Å². The zero-order valence-electron chi connectivity index (χ0n) is 14.3. The third-order valence-corrected chi connectivity index (χ3v) is 5.13. The smallest absolute Gasteiger partial charge is 0.224 e. The van der Waals surface area contributed by atoms with Crippen LogP contribution in [-0.4, -0.2) is 36.4 Å². The maximum atomic E-state index is 12.2. The highest BCUT2D eigenvalue weighted by molar-refractivity contribution is 9.10. The van der Waals surface area contributed by atoms with Gasteiger partial charge < -0.3 is 16.0 Å². The standard InChI is InChI=1S/C18H27BrN4O/c1-23(13-14-7-5-6-10-16(14)19)17(24)11-12-21-18(20)22-15-8-3-2-4-9-15/h5-7,10,15H,2-4,8-9,11-13H2,1H3,(H3,20,21,22). The normalized spacial score (nSPS) is 16.0. The van der Waals surface area contributed by atoms with Crippen LogP contribution in [0.2, 0.25) is 0 Å². The number of aliphatic imine (C=N–C) groups is 1. The highest BCUT2D eigenvalue weighted by atomic mass is 79.9. The number of nitrogens with one attached hydrogen (secondary N) is 1. The van der Waals surface area contributed by atoms with Crippen molar-refractivity contribution in [1.82, 2.24) is 10.2 Å². The van der Waals surface area contributed by atoms with Gasteiger partial charge in [0.25, 0.3) is 0 Å². The highest BCUT2D eigenvalue weighted by Gasteiger charge is 2.14. The van der Waals surface area contributed by atoms with Gasteiger partial charge in [0, 0.05) is 30.5 Å². The molecule has 0 aromatic heterocycles. The van der Waals surface area contributed by atoms with E-state index in [4.69, 9.17) is 5.73 Å². The van der Waals surface area contributed by atoms with Gasteiger partial charge in [0.15, 0.2) is 5.96 Å². The zero-order chi connectivity index (χ0) is 17.4. The molecule has 132 valence electrons. The Kier molecular flexibility index (Phi) is 7.56. The molecule has 0 unspecified atom stereocenters. The van der Waals surface area contributed by atoms with Gasteiger partial charge in [-0.1, -0.05) is 53.4 Å². The summed E-state index contributed by atoms with van der Waals surface area (Å²) in [6.07, 6.45) is 6.50. The number of amides is 1. The van der Waals surface area contributed by atoms with Gasteiger partial charge in [0.05, 0.1) is 6.54 Å². The van der Waals surface area contributed by atoms with Crippen molar-refractivity contribution in [2.24, 2.45) is 10.7 Å². The first-order valence-corrected chi connectivity index (χ1v) is 9.39. The average Bonchev–Trinajstić information content (AvgIpc) is 2.57. The number of hydrogen-bond acceptors (Lipinski definition) is 2. The molecule has 24 heavy (non-hydrogen) atoms. The summed E-state index contributed by atoms with van der Waals surface area (Å²) in [4.78, 5) is 18.2. The second kappa shape index (κ2) is 9.67. The van der Waals surface area contributed by atoms with Gasteiger partial charge in [-0.25, -0.2) is 0 Å². The van der Waals surface area contributed by atoms with Gasteiger partial charge in [-0.2, -0.15) is 0 Å². The molecule has 1 aliphatic rings. The van der Waals surface area contributed by atoms with Crippen LogP contribution >= 0.6 is 15.9 Å². The summed E-state index contributed by atoms with van der Waals surface area (Å²) in [6, 6.07) is 8.37. The van der Waals surface area contributed by atoms with E-state index in [9.17, 15) is 4.79 Å². The number of rotatable bonds is 6. The van der Waals surface area contributed by atoms with Gasteiger partial charge in [-0.3, -0.25) is 9.79 Å². The minimum atomic E-state index is 0.0694. The van der Waals surface area contributed by atoms with Crippen LogP contribution in [0.15, 0.2) is 33.7 Å². The predicted octanol–water partition coefficient (Wildman–Crippen LogP) is 3.03. The molecule has 1 aliphatic carbocycles. The van der Waals surface area contributed by atoms with Crippen molar-refractivity contribution < 1.29 is 4.79 Å². The van der Waals surface area contributed by atoms with Crippen molar-refractivity contribution in [3.8, 4) is 0 Å². The number of guanidine groups is 1. The van der Waals surface area contributed by atoms with E-state index in [0.29, 0.717) is 31.5 Å². The molecule has 0 aliphatic heterocycles.